The number of morpholine rings is 1. The number of ether oxygens (including phenoxy) is 1. The zero-order valence-corrected chi connectivity index (χ0v) is 12.1. The van der Waals surface area contributed by atoms with Crippen LogP contribution in [0.1, 0.15) is 18.4 Å². The molecule has 5 heteroatoms. The lowest BCUT2D eigenvalue weighted by Gasteiger charge is -2.38. The van der Waals surface area contributed by atoms with E-state index in [0.29, 0.717) is 19.0 Å². The molecule has 0 spiro atoms. The highest BCUT2D eigenvalue weighted by molar-refractivity contribution is 5.78. The van der Waals surface area contributed by atoms with Crippen molar-refractivity contribution in [3.8, 4) is 5.75 Å². The molecule has 0 bridgehead atoms. The molecule has 1 aromatic rings. The lowest BCUT2D eigenvalue weighted by molar-refractivity contribution is -0.153. The maximum absolute atomic E-state index is 12.0. The first-order valence-electron chi connectivity index (χ1n) is 7.60. The summed E-state index contributed by atoms with van der Waals surface area (Å²) in [7, 11) is 0. The van der Waals surface area contributed by atoms with Crippen molar-refractivity contribution in [2.24, 2.45) is 5.92 Å². The van der Waals surface area contributed by atoms with Crippen LogP contribution in [0, 0.1) is 5.92 Å². The largest absolute Gasteiger partial charge is 0.508 e. The average Bonchev–Trinajstić information content (AvgIpc) is 2.50. The van der Waals surface area contributed by atoms with Gasteiger partial charge in [-0.2, -0.15) is 0 Å². The Morgan fingerprint density at radius 1 is 1.33 bits per heavy atom. The van der Waals surface area contributed by atoms with Crippen molar-refractivity contribution in [3.63, 3.8) is 0 Å². The number of nitrogens with one attached hydrogen (secondary N) is 1. The van der Waals surface area contributed by atoms with E-state index in [1.807, 2.05) is 11.0 Å². The summed E-state index contributed by atoms with van der Waals surface area (Å²) in [5, 5.41) is 12.9. The highest BCUT2D eigenvalue weighted by Gasteiger charge is 2.32. The Morgan fingerprint density at radius 3 is 2.90 bits per heavy atom. The minimum atomic E-state index is 0.0310. The van der Waals surface area contributed by atoms with Gasteiger partial charge in [-0.05, 0) is 49.5 Å². The van der Waals surface area contributed by atoms with E-state index in [9.17, 15) is 9.90 Å². The Balaban J connectivity index is 1.64. The smallest absolute Gasteiger partial charge is 0.248 e. The number of carbonyl (C=O) groups is 1. The van der Waals surface area contributed by atoms with Gasteiger partial charge in [-0.3, -0.25) is 4.79 Å². The molecule has 0 aliphatic carbocycles. The zero-order valence-electron chi connectivity index (χ0n) is 12.1. The van der Waals surface area contributed by atoms with Gasteiger partial charge in [0.15, 0.2) is 0 Å². The molecular weight excluding hydrogens is 268 g/mol. The number of phenolic OH excluding ortho intramolecular Hbond substituents is 1. The van der Waals surface area contributed by atoms with Gasteiger partial charge in [-0.25, -0.2) is 0 Å². The van der Waals surface area contributed by atoms with E-state index in [4.69, 9.17) is 4.74 Å². The molecule has 2 aliphatic heterocycles. The lowest BCUT2D eigenvalue weighted by Crippen LogP contribution is -2.50. The van der Waals surface area contributed by atoms with E-state index >= 15 is 0 Å². The van der Waals surface area contributed by atoms with Crippen molar-refractivity contribution >= 4 is 5.91 Å². The SMILES string of the molecule is O=C1COC(C2CCNCC2)CN1Cc1cccc(O)c1. The van der Waals surface area contributed by atoms with Gasteiger partial charge in [-0.15, -0.1) is 0 Å². The molecule has 2 N–H and O–H groups in total. The van der Waals surface area contributed by atoms with E-state index in [1.165, 1.54) is 0 Å². The van der Waals surface area contributed by atoms with Gasteiger partial charge in [0.2, 0.25) is 5.91 Å². The highest BCUT2D eigenvalue weighted by Crippen LogP contribution is 2.24. The molecule has 1 atom stereocenters. The molecule has 1 aromatic carbocycles. The Labute approximate surface area is 124 Å². The number of nitrogens with zero attached hydrogens (tertiary/aromatic N) is 1. The third kappa shape index (κ3) is 3.54. The molecule has 1 amide bonds. The van der Waals surface area contributed by atoms with Gasteiger partial charge in [0.25, 0.3) is 0 Å². The average molecular weight is 290 g/mol. The van der Waals surface area contributed by atoms with Gasteiger partial charge in [0.05, 0.1) is 6.10 Å². The standard InChI is InChI=1S/C16H22N2O3/c19-14-3-1-2-12(8-14)9-18-10-15(21-11-16(18)20)13-4-6-17-7-5-13/h1-3,8,13,15,17,19H,4-7,9-11H2. The molecule has 5 nitrogen and oxygen atoms in total. The third-order valence-electron chi connectivity index (χ3n) is 4.37. The molecular formula is C16H22N2O3. The van der Waals surface area contributed by atoms with E-state index in [0.717, 1.165) is 31.5 Å². The van der Waals surface area contributed by atoms with E-state index in [2.05, 4.69) is 5.32 Å². The number of carbonyl (C=O) groups excluding carboxylic acids is 1. The van der Waals surface area contributed by atoms with Crippen molar-refractivity contribution in [2.45, 2.75) is 25.5 Å². The second kappa shape index (κ2) is 6.45. The normalized spacial score (nSPS) is 24.3. The van der Waals surface area contributed by atoms with Crippen LogP contribution in [0.5, 0.6) is 5.75 Å². The second-order valence-corrected chi connectivity index (χ2v) is 5.88. The molecule has 3 rings (SSSR count). The maximum atomic E-state index is 12.0. The van der Waals surface area contributed by atoms with Crippen LogP contribution in [0.25, 0.3) is 0 Å². The van der Waals surface area contributed by atoms with Gasteiger partial charge in [-0.1, -0.05) is 12.1 Å². The molecule has 2 heterocycles. The maximum Gasteiger partial charge on any atom is 0.248 e. The van der Waals surface area contributed by atoms with E-state index in [1.54, 1.807) is 18.2 Å². The Kier molecular flexibility index (Phi) is 4.41. The van der Waals surface area contributed by atoms with Crippen molar-refractivity contribution in [1.29, 1.82) is 0 Å². The van der Waals surface area contributed by atoms with Crippen molar-refractivity contribution < 1.29 is 14.6 Å². The van der Waals surface area contributed by atoms with Crippen LogP contribution < -0.4 is 5.32 Å². The van der Waals surface area contributed by atoms with Crippen LogP contribution in [-0.2, 0) is 16.1 Å². The van der Waals surface area contributed by atoms with Crippen LogP contribution in [0.4, 0.5) is 0 Å². The fourth-order valence-corrected chi connectivity index (χ4v) is 3.17. The number of phenols is 1. The highest BCUT2D eigenvalue weighted by atomic mass is 16.5. The fraction of sp³-hybridized carbons (Fsp3) is 0.562. The summed E-state index contributed by atoms with van der Waals surface area (Å²) in [6, 6.07) is 7.09. The number of amides is 1. The third-order valence-corrected chi connectivity index (χ3v) is 4.37. The molecule has 2 aliphatic rings. The predicted molar refractivity (Wildman–Crippen MR) is 78.9 cm³/mol. The molecule has 1 unspecified atom stereocenters. The molecule has 114 valence electrons. The first-order valence-corrected chi connectivity index (χ1v) is 7.60. The monoisotopic (exact) mass is 290 g/mol. The van der Waals surface area contributed by atoms with E-state index in [-0.39, 0.29) is 24.4 Å². The zero-order chi connectivity index (χ0) is 14.7. The number of hydrogen-bond donors (Lipinski definition) is 2. The Bertz CT molecular complexity index is 500. The molecule has 21 heavy (non-hydrogen) atoms. The number of piperidine rings is 1. The molecule has 0 radical (unpaired) electrons. The van der Waals surface area contributed by atoms with Crippen LogP contribution >= 0.6 is 0 Å². The first kappa shape index (κ1) is 14.4. The molecule has 2 saturated heterocycles. The number of hydrogen-bond acceptors (Lipinski definition) is 4. The Hall–Kier alpha value is -1.59. The summed E-state index contributed by atoms with van der Waals surface area (Å²) in [4.78, 5) is 13.9. The van der Waals surface area contributed by atoms with Gasteiger partial charge in [0, 0.05) is 13.1 Å². The van der Waals surface area contributed by atoms with Gasteiger partial charge in [0.1, 0.15) is 12.4 Å². The summed E-state index contributed by atoms with van der Waals surface area (Å²) in [5.41, 5.74) is 0.953. The summed E-state index contributed by atoms with van der Waals surface area (Å²) in [6.45, 7) is 3.43. The lowest BCUT2D eigenvalue weighted by atomic mass is 9.91. The first-order chi connectivity index (χ1) is 10.2. The van der Waals surface area contributed by atoms with E-state index < -0.39 is 0 Å². The van der Waals surface area contributed by atoms with Crippen molar-refractivity contribution in [1.82, 2.24) is 10.2 Å². The van der Waals surface area contributed by atoms with Crippen LogP contribution in [0.2, 0.25) is 0 Å². The predicted octanol–water partition coefficient (Wildman–Crippen LogP) is 1.12. The van der Waals surface area contributed by atoms with Crippen LogP contribution in [-0.4, -0.2) is 48.3 Å². The van der Waals surface area contributed by atoms with Crippen LogP contribution in [0.15, 0.2) is 24.3 Å². The molecule has 0 saturated carbocycles. The molecule has 0 aromatic heterocycles. The minimum Gasteiger partial charge on any atom is -0.508 e. The summed E-state index contributed by atoms with van der Waals surface area (Å²) in [6.07, 6.45) is 2.36. The minimum absolute atomic E-state index is 0.0310. The van der Waals surface area contributed by atoms with Gasteiger partial charge < -0.3 is 20.1 Å². The van der Waals surface area contributed by atoms with Crippen LogP contribution in [0.3, 0.4) is 0 Å². The second-order valence-electron chi connectivity index (χ2n) is 5.88. The van der Waals surface area contributed by atoms with Crippen molar-refractivity contribution in [3.05, 3.63) is 29.8 Å². The molecule has 2 fully saturated rings. The summed E-state index contributed by atoms with van der Waals surface area (Å²) >= 11 is 0. The van der Waals surface area contributed by atoms with Crippen molar-refractivity contribution in [2.75, 3.05) is 26.2 Å². The number of benzene rings is 1. The Morgan fingerprint density at radius 2 is 2.14 bits per heavy atom. The van der Waals surface area contributed by atoms with Gasteiger partial charge >= 0.3 is 0 Å². The number of rotatable bonds is 3. The topological polar surface area (TPSA) is 61.8 Å². The fourth-order valence-electron chi connectivity index (χ4n) is 3.17. The summed E-state index contributed by atoms with van der Waals surface area (Å²) in [5.74, 6) is 0.803. The number of aromatic hydroxyl groups is 1. The quantitative estimate of drug-likeness (QED) is 0.876. The summed E-state index contributed by atoms with van der Waals surface area (Å²) < 4.78 is 5.75.